The van der Waals surface area contributed by atoms with E-state index >= 15 is 0 Å². The summed E-state index contributed by atoms with van der Waals surface area (Å²) < 4.78 is 12.3. The minimum absolute atomic E-state index is 0.0741. The number of rotatable bonds is 14. The number of nitrogens with zero attached hydrogens (tertiary/aromatic N) is 2. The number of fused-ring (bicyclic) bond motifs is 1. The van der Waals surface area contributed by atoms with Gasteiger partial charge in [0.1, 0.15) is 24.2 Å². The van der Waals surface area contributed by atoms with Crippen LogP contribution in [0, 0.1) is 11.8 Å². The quantitative estimate of drug-likeness (QED) is 0.209. The molecule has 2 amide bonds. The molecule has 0 radical (unpaired) electrons. The number of aliphatic hydroxyl groups is 1. The molecule has 1 saturated carbocycles. The van der Waals surface area contributed by atoms with Gasteiger partial charge in [-0.2, -0.15) is 0 Å². The average molecular weight is 531 g/mol. The van der Waals surface area contributed by atoms with Crippen LogP contribution in [0.15, 0.2) is 25.3 Å². The Morgan fingerprint density at radius 2 is 1.87 bits per heavy atom. The molecular weight excluding hydrogens is 484 g/mol. The molecule has 38 heavy (non-hydrogen) atoms. The SMILES string of the molecule is C=CCOC(=O)[C@@H]1[C@H]2C(=O)N(CCCCCCO)C(C(=O)N(CC=C)C3CCCCC3)C23CC[C@@]1(CC)O3. The topological polar surface area (TPSA) is 96.4 Å². The first-order chi connectivity index (χ1) is 18.4. The maximum atomic E-state index is 14.5. The molecule has 0 aromatic rings. The van der Waals surface area contributed by atoms with Crippen molar-refractivity contribution in [1.29, 1.82) is 0 Å². The van der Waals surface area contributed by atoms with Crippen molar-refractivity contribution in [3.05, 3.63) is 25.3 Å². The van der Waals surface area contributed by atoms with Crippen molar-refractivity contribution in [3.8, 4) is 0 Å². The molecule has 1 N–H and O–H groups in total. The predicted octanol–water partition coefficient (Wildman–Crippen LogP) is 3.77. The van der Waals surface area contributed by atoms with E-state index in [0.717, 1.165) is 51.4 Å². The highest BCUT2D eigenvalue weighted by Crippen LogP contribution is 2.64. The maximum Gasteiger partial charge on any atom is 0.313 e. The number of ether oxygens (including phenoxy) is 2. The maximum absolute atomic E-state index is 14.5. The molecule has 4 aliphatic rings. The highest BCUT2D eigenvalue weighted by atomic mass is 16.6. The van der Waals surface area contributed by atoms with Gasteiger partial charge in [0, 0.05) is 25.7 Å². The third kappa shape index (κ3) is 4.94. The number of aliphatic hydroxyl groups excluding tert-OH is 1. The smallest absolute Gasteiger partial charge is 0.313 e. The van der Waals surface area contributed by atoms with Gasteiger partial charge in [0.2, 0.25) is 11.8 Å². The summed E-state index contributed by atoms with van der Waals surface area (Å²) in [4.78, 5) is 45.8. The Balaban J connectivity index is 1.70. The van der Waals surface area contributed by atoms with E-state index in [1.165, 1.54) is 12.5 Å². The van der Waals surface area contributed by atoms with Crippen LogP contribution in [0.3, 0.4) is 0 Å². The molecule has 212 valence electrons. The van der Waals surface area contributed by atoms with Gasteiger partial charge >= 0.3 is 5.97 Å². The van der Waals surface area contributed by atoms with E-state index in [1.807, 2.05) is 11.8 Å². The summed E-state index contributed by atoms with van der Waals surface area (Å²) in [5.74, 6) is -2.13. The third-order valence-electron chi connectivity index (χ3n) is 9.44. The van der Waals surface area contributed by atoms with Gasteiger partial charge in [0.15, 0.2) is 0 Å². The average Bonchev–Trinajstić information content (AvgIpc) is 3.54. The molecule has 8 heteroatoms. The van der Waals surface area contributed by atoms with E-state index in [1.54, 1.807) is 11.0 Å². The minimum Gasteiger partial charge on any atom is -0.461 e. The predicted molar refractivity (Wildman–Crippen MR) is 144 cm³/mol. The van der Waals surface area contributed by atoms with E-state index in [9.17, 15) is 14.4 Å². The first-order valence-corrected chi connectivity index (χ1v) is 14.7. The summed E-state index contributed by atoms with van der Waals surface area (Å²) in [5.41, 5.74) is -1.82. The molecule has 8 nitrogen and oxygen atoms in total. The molecule has 0 aromatic heterocycles. The fraction of sp³-hybridized carbons (Fsp3) is 0.767. The number of amides is 2. The molecule has 2 bridgehead atoms. The Morgan fingerprint density at radius 3 is 2.53 bits per heavy atom. The second-order valence-electron chi connectivity index (χ2n) is 11.5. The van der Waals surface area contributed by atoms with E-state index in [4.69, 9.17) is 14.6 Å². The molecule has 2 unspecified atom stereocenters. The summed E-state index contributed by atoms with van der Waals surface area (Å²) >= 11 is 0. The number of carbonyl (C=O) groups excluding carboxylic acids is 3. The van der Waals surface area contributed by atoms with Crippen LogP contribution in [0.5, 0.6) is 0 Å². The molecule has 5 atom stereocenters. The van der Waals surface area contributed by atoms with Crippen molar-refractivity contribution in [2.75, 3.05) is 26.3 Å². The molecule has 4 rings (SSSR count). The molecule has 1 spiro atoms. The van der Waals surface area contributed by atoms with Gasteiger partial charge in [-0.15, -0.1) is 6.58 Å². The zero-order valence-corrected chi connectivity index (χ0v) is 23.1. The lowest BCUT2D eigenvalue weighted by Gasteiger charge is -2.41. The molecule has 3 heterocycles. The van der Waals surface area contributed by atoms with Crippen molar-refractivity contribution in [1.82, 2.24) is 9.80 Å². The first-order valence-electron chi connectivity index (χ1n) is 14.7. The highest BCUT2D eigenvalue weighted by Gasteiger charge is 2.79. The summed E-state index contributed by atoms with van der Waals surface area (Å²) in [6.07, 6.45) is 13.5. The molecular formula is C30H46N2O6. The number of esters is 1. The molecule has 3 saturated heterocycles. The standard InChI is InChI=1S/C30H46N2O6/c1-4-18-31(22-14-10-9-11-15-22)27(35)25-30-17-16-29(6-3,38-30)24(28(36)37-21-5-2)23(30)26(34)32(25)19-12-7-8-13-20-33/h4-5,22-25,33H,1-2,6-21H2,3H3/t23-,24-,25?,29+,30?/m0/s1. The van der Waals surface area contributed by atoms with Crippen molar-refractivity contribution < 1.29 is 29.0 Å². The number of unbranched alkanes of at least 4 members (excludes halogenated alkanes) is 3. The van der Waals surface area contributed by atoms with Crippen LogP contribution in [0.1, 0.15) is 84.0 Å². The van der Waals surface area contributed by atoms with Crippen LogP contribution < -0.4 is 0 Å². The van der Waals surface area contributed by atoms with Crippen LogP contribution in [-0.2, 0) is 23.9 Å². The van der Waals surface area contributed by atoms with Crippen LogP contribution in [-0.4, -0.2) is 82.3 Å². The van der Waals surface area contributed by atoms with Gasteiger partial charge < -0.3 is 24.4 Å². The second-order valence-corrected chi connectivity index (χ2v) is 11.5. The van der Waals surface area contributed by atoms with E-state index in [-0.39, 0.29) is 31.1 Å². The number of hydrogen-bond donors (Lipinski definition) is 1. The van der Waals surface area contributed by atoms with Gasteiger partial charge in [0.25, 0.3) is 0 Å². The summed E-state index contributed by atoms with van der Waals surface area (Å²) in [6.45, 7) is 10.7. The monoisotopic (exact) mass is 530 g/mol. The first kappa shape index (κ1) is 28.8. The Bertz CT molecular complexity index is 901. The van der Waals surface area contributed by atoms with Crippen LogP contribution in [0.2, 0.25) is 0 Å². The second kappa shape index (κ2) is 12.3. The summed E-state index contributed by atoms with van der Waals surface area (Å²) in [7, 11) is 0. The van der Waals surface area contributed by atoms with E-state index in [2.05, 4.69) is 13.2 Å². The lowest BCUT2D eigenvalue weighted by Crippen LogP contribution is -2.58. The van der Waals surface area contributed by atoms with Gasteiger partial charge in [-0.1, -0.05) is 57.8 Å². The Kier molecular flexibility index (Phi) is 9.35. The largest absolute Gasteiger partial charge is 0.461 e. The molecule has 4 fully saturated rings. The number of carbonyl (C=O) groups is 3. The van der Waals surface area contributed by atoms with Crippen molar-refractivity contribution in [2.24, 2.45) is 11.8 Å². The summed E-state index contributed by atoms with van der Waals surface area (Å²) in [5, 5.41) is 9.15. The van der Waals surface area contributed by atoms with Crippen LogP contribution >= 0.6 is 0 Å². The van der Waals surface area contributed by atoms with E-state index < -0.39 is 35.0 Å². The lowest BCUT2D eigenvalue weighted by atomic mass is 9.65. The fourth-order valence-corrected chi connectivity index (χ4v) is 7.68. The number of likely N-dealkylation sites (tertiary alicyclic amines) is 1. The highest BCUT2D eigenvalue weighted by molar-refractivity contribution is 5.98. The lowest BCUT2D eigenvalue weighted by molar-refractivity contribution is -0.161. The fourth-order valence-electron chi connectivity index (χ4n) is 7.68. The summed E-state index contributed by atoms with van der Waals surface area (Å²) in [6, 6.07) is -0.636. The van der Waals surface area contributed by atoms with Crippen molar-refractivity contribution in [3.63, 3.8) is 0 Å². The number of hydrogen-bond acceptors (Lipinski definition) is 6. The third-order valence-corrected chi connectivity index (χ3v) is 9.44. The zero-order valence-electron chi connectivity index (χ0n) is 23.1. The van der Waals surface area contributed by atoms with E-state index in [0.29, 0.717) is 32.4 Å². The molecule has 0 aromatic carbocycles. The van der Waals surface area contributed by atoms with Crippen molar-refractivity contribution in [2.45, 2.75) is 107 Å². The Labute approximate surface area is 227 Å². The minimum atomic E-state index is -1.03. The van der Waals surface area contributed by atoms with Crippen LogP contribution in [0.25, 0.3) is 0 Å². The zero-order chi connectivity index (χ0) is 27.3. The normalized spacial score (nSPS) is 32.3. The Morgan fingerprint density at radius 1 is 1.13 bits per heavy atom. The Hall–Kier alpha value is -2.19. The molecule has 1 aliphatic carbocycles. The van der Waals surface area contributed by atoms with Crippen molar-refractivity contribution >= 4 is 17.8 Å². The van der Waals surface area contributed by atoms with Gasteiger partial charge in [0.05, 0.1) is 11.5 Å². The molecule has 3 aliphatic heterocycles. The van der Waals surface area contributed by atoms with Gasteiger partial charge in [-0.3, -0.25) is 14.4 Å². The van der Waals surface area contributed by atoms with Crippen LogP contribution in [0.4, 0.5) is 0 Å². The van der Waals surface area contributed by atoms with Gasteiger partial charge in [-0.05, 0) is 44.9 Å². The van der Waals surface area contributed by atoms with Gasteiger partial charge in [-0.25, -0.2) is 0 Å².